The van der Waals surface area contributed by atoms with Crippen LogP contribution in [0.15, 0.2) is 0 Å². The van der Waals surface area contributed by atoms with Crippen molar-refractivity contribution in [2.75, 3.05) is 20.2 Å². The first-order valence-electron chi connectivity index (χ1n) is 4.66. The van der Waals surface area contributed by atoms with Crippen LogP contribution in [0.2, 0.25) is 0 Å². The van der Waals surface area contributed by atoms with E-state index >= 15 is 0 Å². The summed E-state index contributed by atoms with van der Waals surface area (Å²) in [5.74, 6) is 0. The van der Waals surface area contributed by atoms with E-state index in [1.807, 2.05) is 6.92 Å². The van der Waals surface area contributed by atoms with E-state index in [-0.39, 0.29) is 19.2 Å². The summed E-state index contributed by atoms with van der Waals surface area (Å²) >= 11 is 0. The number of nitrogens with zero attached hydrogens (tertiary/aromatic N) is 1. The first-order valence-corrected chi connectivity index (χ1v) is 4.66. The fraction of sp³-hybridized carbons (Fsp3) is 1.00. The zero-order valence-electron chi connectivity index (χ0n) is 9.00. The normalized spacial score (nSPS) is 18.6. The maximum Gasteiger partial charge on any atom is 0.251 e. The average molecular weight is 210 g/mol. The molecule has 0 fully saturated rings. The van der Waals surface area contributed by atoms with E-state index < -0.39 is 12.0 Å². The van der Waals surface area contributed by atoms with Crippen LogP contribution in [0.5, 0.6) is 0 Å². The maximum absolute atomic E-state index is 12.0. The summed E-state index contributed by atoms with van der Waals surface area (Å²) in [4.78, 5) is 1.55. The Morgan fingerprint density at radius 1 is 1.50 bits per heavy atom. The van der Waals surface area contributed by atoms with E-state index in [1.54, 1.807) is 18.9 Å². The number of rotatable bonds is 6. The summed E-state index contributed by atoms with van der Waals surface area (Å²) in [5.41, 5.74) is 5.02. The first kappa shape index (κ1) is 13.7. The molecule has 0 bridgehead atoms. The molecule has 0 aliphatic carbocycles. The number of aliphatic hydroxyl groups is 1. The molecule has 0 saturated heterocycles. The van der Waals surface area contributed by atoms with Crippen LogP contribution in [0.3, 0.4) is 0 Å². The van der Waals surface area contributed by atoms with Crippen LogP contribution in [0.1, 0.15) is 20.3 Å². The molecule has 0 aliphatic rings. The van der Waals surface area contributed by atoms with Crippen LogP contribution < -0.4 is 5.73 Å². The van der Waals surface area contributed by atoms with Gasteiger partial charge in [-0.15, -0.1) is 0 Å². The van der Waals surface area contributed by atoms with Gasteiger partial charge in [-0.1, -0.05) is 0 Å². The predicted molar refractivity (Wildman–Crippen MR) is 52.4 cm³/mol. The van der Waals surface area contributed by atoms with Crippen LogP contribution in [0.25, 0.3) is 0 Å². The van der Waals surface area contributed by atoms with Crippen molar-refractivity contribution in [3.63, 3.8) is 0 Å². The Labute approximate surface area is 83.9 Å². The molecule has 0 rings (SSSR count). The summed E-state index contributed by atoms with van der Waals surface area (Å²) < 4.78 is 24.1. The summed E-state index contributed by atoms with van der Waals surface area (Å²) in [6.07, 6.45) is -1.84. The number of aliphatic hydroxyl groups excluding tert-OH is 1. The van der Waals surface area contributed by atoms with Crippen molar-refractivity contribution in [3.05, 3.63) is 0 Å². The van der Waals surface area contributed by atoms with E-state index in [9.17, 15) is 8.78 Å². The van der Waals surface area contributed by atoms with Crippen LogP contribution in [-0.4, -0.2) is 48.2 Å². The lowest BCUT2D eigenvalue weighted by molar-refractivity contribution is 0.0720. The van der Waals surface area contributed by atoms with E-state index in [4.69, 9.17) is 10.8 Å². The summed E-state index contributed by atoms with van der Waals surface area (Å²) in [6.45, 7) is 3.13. The minimum absolute atomic E-state index is 0.0637. The number of alkyl halides is 2. The molecule has 0 saturated carbocycles. The molecule has 0 aliphatic heterocycles. The largest absolute Gasteiger partial charge is 0.394 e. The van der Waals surface area contributed by atoms with Gasteiger partial charge in [0.15, 0.2) is 0 Å². The molecule has 3 nitrogen and oxygen atoms in total. The topological polar surface area (TPSA) is 49.5 Å². The highest BCUT2D eigenvalue weighted by atomic mass is 19.3. The summed E-state index contributed by atoms with van der Waals surface area (Å²) in [6, 6.07) is -0.0637. The van der Waals surface area contributed by atoms with Gasteiger partial charge in [0.25, 0.3) is 6.43 Å². The quantitative estimate of drug-likeness (QED) is 0.677. The van der Waals surface area contributed by atoms with Gasteiger partial charge in [0.2, 0.25) is 0 Å². The third-order valence-corrected chi connectivity index (χ3v) is 2.30. The van der Waals surface area contributed by atoms with Gasteiger partial charge in [0.1, 0.15) is 0 Å². The third kappa shape index (κ3) is 5.47. The van der Waals surface area contributed by atoms with Crippen LogP contribution in [0.4, 0.5) is 8.78 Å². The fourth-order valence-electron chi connectivity index (χ4n) is 1.29. The molecule has 0 aromatic rings. The standard InChI is InChI=1S/C9H20F2N2O/c1-7(4-9(2,12)6-14)13(3)5-8(10)11/h7-8,14H,4-6,12H2,1-3H3. The molecule has 0 amide bonds. The molecule has 0 aromatic heterocycles. The molecular formula is C9H20F2N2O. The Bertz CT molecular complexity index is 165. The predicted octanol–water partition coefficient (Wildman–Crippen LogP) is 0.672. The first-order chi connectivity index (χ1) is 6.28. The van der Waals surface area contributed by atoms with E-state index in [2.05, 4.69) is 0 Å². The van der Waals surface area contributed by atoms with Gasteiger partial charge in [0.05, 0.1) is 13.2 Å². The Morgan fingerprint density at radius 2 is 2.00 bits per heavy atom. The van der Waals surface area contributed by atoms with Crippen molar-refractivity contribution in [1.29, 1.82) is 0 Å². The zero-order valence-corrected chi connectivity index (χ0v) is 9.00. The van der Waals surface area contributed by atoms with Crippen molar-refractivity contribution in [3.8, 4) is 0 Å². The molecule has 5 heteroatoms. The highest BCUT2D eigenvalue weighted by molar-refractivity contribution is 4.82. The van der Waals surface area contributed by atoms with Gasteiger partial charge in [-0.05, 0) is 27.3 Å². The molecule has 0 aromatic carbocycles. The molecule has 3 N–H and O–H groups in total. The van der Waals surface area contributed by atoms with Gasteiger partial charge < -0.3 is 10.8 Å². The van der Waals surface area contributed by atoms with Gasteiger partial charge in [-0.2, -0.15) is 0 Å². The molecule has 0 spiro atoms. The van der Waals surface area contributed by atoms with E-state index in [0.717, 1.165) is 0 Å². The monoisotopic (exact) mass is 210 g/mol. The maximum atomic E-state index is 12.0. The molecule has 14 heavy (non-hydrogen) atoms. The summed E-state index contributed by atoms with van der Waals surface area (Å²) in [5, 5.41) is 8.91. The van der Waals surface area contributed by atoms with E-state index in [0.29, 0.717) is 6.42 Å². The Balaban J connectivity index is 4.00. The molecule has 0 heterocycles. The summed E-state index contributed by atoms with van der Waals surface area (Å²) in [7, 11) is 1.63. The van der Waals surface area contributed by atoms with Gasteiger partial charge in [-0.25, -0.2) is 8.78 Å². The fourth-order valence-corrected chi connectivity index (χ4v) is 1.29. The zero-order chi connectivity index (χ0) is 11.4. The SMILES string of the molecule is CC(CC(C)(N)CO)N(C)CC(F)F. The van der Waals surface area contributed by atoms with Crippen molar-refractivity contribution in [1.82, 2.24) is 4.90 Å². The molecule has 0 radical (unpaired) electrons. The third-order valence-electron chi connectivity index (χ3n) is 2.30. The Kier molecular flexibility index (Phi) is 5.48. The number of hydrogen-bond acceptors (Lipinski definition) is 3. The number of hydrogen-bond donors (Lipinski definition) is 2. The minimum Gasteiger partial charge on any atom is -0.394 e. The Hall–Kier alpha value is -0.260. The van der Waals surface area contributed by atoms with Gasteiger partial charge in [0, 0.05) is 11.6 Å². The van der Waals surface area contributed by atoms with Crippen LogP contribution in [0, 0.1) is 0 Å². The second kappa shape index (κ2) is 5.58. The lowest BCUT2D eigenvalue weighted by Gasteiger charge is -2.31. The molecule has 86 valence electrons. The van der Waals surface area contributed by atoms with Crippen LogP contribution in [-0.2, 0) is 0 Å². The molecule has 2 unspecified atom stereocenters. The van der Waals surface area contributed by atoms with Crippen molar-refractivity contribution in [2.45, 2.75) is 38.3 Å². The second-order valence-electron chi connectivity index (χ2n) is 4.20. The lowest BCUT2D eigenvalue weighted by atomic mass is 9.95. The van der Waals surface area contributed by atoms with E-state index in [1.165, 1.54) is 0 Å². The highest BCUT2D eigenvalue weighted by Gasteiger charge is 2.23. The molecule has 2 atom stereocenters. The Morgan fingerprint density at radius 3 is 2.36 bits per heavy atom. The van der Waals surface area contributed by atoms with Crippen molar-refractivity contribution < 1.29 is 13.9 Å². The molecular weight excluding hydrogens is 190 g/mol. The van der Waals surface area contributed by atoms with Crippen molar-refractivity contribution in [2.24, 2.45) is 5.73 Å². The van der Waals surface area contributed by atoms with Gasteiger partial charge in [-0.3, -0.25) is 4.90 Å². The minimum atomic E-state index is -2.33. The smallest absolute Gasteiger partial charge is 0.251 e. The average Bonchev–Trinajstić information content (AvgIpc) is 2.02. The second-order valence-corrected chi connectivity index (χ2v) is 4.20. The van der Waals surface area contributed by atoms with Gasteiger partial charge >= 0.3 is 0 Å². The van der Waals surface area contributed by atoms with Crippen molar-refractivity contribution >= 4 is 0 Å². The number of nitrogens with two attached hydrogens (primary N) is 1. The highest BCUT2D eigenvalue weighted by Crippen LogP contribution is 2.13. The lowest BCUT2D eigenvalue weighted by Crippen LogP contribution is -2.47. The van der Waals surface area contributed by atoms with Crippen LogP contribution >= 0.6 is 0 Å². The number of halogens is 2.